The van der Waals surface area contributed by atoms with Gasteiger partial charge in [-0.1, -0.05) is 39.8 Å². The van der Waals surface area contributed by atoms with E-state index in [0.717, 1.165) is 21.3 Å². The number of tetrazole rings is 1. The molecule has 1 aromatic carbocycles. The Morgan fingerprint density at radius 2 is 2.09 bits per heavy atom. The van der Waals surface area contributed by atoms with Crippen molar-refractivity contribution in [3.8, 4) is 0 Å². The first-order chi connectivity index (χ1) is 16.7. The Labute approximate surface area is 214 Å². The number of nitrogens with one attached hydrogen (secondary N) is 1. The molecule has 0 aliphatic carbocycles. The maximum atomic E-state index is 12.8. The van der Waals surface area contributed by atoms with Gasteiger partial charge in [-0.05, 0) is 33.7 Å². The lowest BCUT2D eigenvalue weighted by Crippen LogP contribution is -2.70. The standard InChI is InChI=1S/C19H17BrN6O7S2/c20-10-3-1-2-8(4-10)14(29)15(30)21-12-16(31)26-13(18(32)33)9(6-34-17(12)26)7-35-19-22-23-24-25(19)5-11(27)28/h1-4,12,14,17,29H,5-7H2,(H,21,30)(H,27,28)(H,32,33)/t12?,14-,17-/m1/s1. The number of aromatic nitrogens is 4. The summed E-state index contributed by atoms with van der Waals surface area (Å²) in [6.45, 7) is -0.450. The first-order valence-corrected chi connectivity index (χ1v) is 12.7. The molecule has 0 saturated carbocycles. The van der Waals surface area contributed by atoms with Gasteiger partial charge in [0.15, 0.2) is 6.10 Å². The van der Waals surface area contributed by atoms with Crippen molar-refractivity contribution in [1.82, 2.24) is 30.4 Å². The Kier molecular flexibility index (Phi) is 7.44. The zero-order valence-electron chi connectivity index (χ0n) is 17.6. The summed E-state index contributed by atoms with van der Waals surface area (Å²) in [5.74, 6) is -3.44. The number of amides is 2. The summed E-state index contributed by atoms with van der Waals surface area (Å²) in [6, 6.07) is 5.56. The first kappa shape index (κ1) is 25.2. The van der Waals surface area contributed by atoms with Crippen LogP contribution >= 0.6 is 39.5 Å². The number of nitrogens with zero attached hydrogens (tertiary/aromatic N) is 5. The van der Waals surface area contributed by atoms with E-state index >= 15 is 0 Å². The van der Waals surface area contributed by atoms with Crippen molar-refractivity contribution in [1.29, 1.82) is 0 Å². The fourth-order valence-electron chi connectivity index (χ4n) is 3.53. The number of thioether (sulfide) groups is 2. The number of carbonyl (C=O) groups is 4. The number of aliphatic carboxylic acids is 2. The van der Waals surface area contributed by atoms with Gasteiger partial charge >= 0.3 is 11.9 Å². The summed E-state index contributed by atoms with van der Waals surface area (Å²) < 4.78 is 1.75. The first-order valence-electron chi connectivity index (χ1n) is 9.92. The Bertz CT molecular complexity index is 1240. The average Bonchev–Trinajstić information content (AvgIpc) is 3.25. The molecule has 4 rings (SSSR count). The molecule has 35 heavy (non-hydrogen) atoms. The van der Waals surface area contributed by atoms with Gasteiger partial charge in [0.1, 0.15) is 23.7 Å². The predicted octanol–water partition coefficient (Wildman–Crippen LogP) is 0.0845. The molecule has 0 bridgehead atoms. The van der Waals surface area contributed by atoms with Crippen LogP contribution < -0.4 is 5.32 Å². The maximum absolute atomic E-state index is 12.8. The number of hydrogen-bond donors (Lipinski definition) is 4. The third kappa shape index (κ3) is 5.19. The van der Waals surface area contributed by atoms with Crippen molar-refractivity contribution in [2.24, 2.45) is 0 Å². The van der Waals surface area contributed by atoms with E-state index in [1.807, 2.05) is 0 Å². The zero-order valence-corrected chi connectivity index (χ0v) is 20.8. The summed E-state index contributed by atoms with van der Waals surface area (Å²) >= 11 is 5.59. The lowest BCUT2D eigenvalue weighted by molar-refractivity contribution is -0.151. The van der Waals surface area contributed by atoms with Crippen molar-refractivity contribution in [2.45, 2.75) is 29.2 Å². The normalized spacial score (nSPS) is 20.2. The third-order valence-electron chi connectivity index (χ3n) is 5.12. The fourth-order valence-corrected chi connectivity index (χ4v) is 6.31. The number of halogens is 1. The largest absolute Gasteiger partial charge is 0.480 e. The molecule has 0 spiro atoms. The highest BCUT2D eigenvalue weighted by Crippen LogP contribution is 2.41. The molecule has 4 N–H and O–H groups in total. The molecule has 13 nitrogen and oxygen atoms in total. The second-order valence-corrected chi connectivity index (χ2v) is 10.4. The lowest BCUT2D eigenvalue weighted by Gasteiger charge is -2.49. The number of aliphatic hydroxyl groups is 1. The van der Waals surface area contributed by atoms with Crippen LogP contribution in [0.3, 0.4) is 0 Å². The Hall–Kier alpha value is -2.95. The number of benzene rings is 1. The van der Waals surface area contributed by atoms with Gasteiger partial charge in [0.05, 0.1) is 0 Å². The van der Waals surface area contributed by atoms with Crippen LogP contribution in [0.4, 0.5) is 0 Å². The minimum absolute atomic E-state index is 0.115. The molecule has 2 aliphatic rings. The molecule has 16 heteroatoms. The third-order valence-corrected chi connectivity index (χ3v) is 8.00. The number of carboxylic acids is 2. The molecule has 1 saturated heterocycles. The van der Waals surface area contributed by atoms with E-state index in [4.69, 9.17) is 5.11 Å². The lowest BCUT2D eigenvalue weighted by atomic mass is 10.0. The van der Waals surface area contributed by atoms with Gasteiger partial charge < -0.3 is 20.6 Å². The van der Waals surface area contributed by atoms with E-state index in [1.54, 1.807) is 24.3 Å². The summed E-state index contributed by atoms with van der Waals surface area (Å²) in [5, 5.41) is 41.9. The molecule has 2 aliphatic heterocycles. The number of fused-ring (bicyclic) bond motifs is 1. The molecule has 2 amide bonds. The summed E-state index contributed by atoms with van der Waals surface area (Å²) in [4.78, 5) is 49.4. The van der Waals surface area contributed by atoms with Crippen LogP contribution in [0.25, 0.3) is 0 Å². The van der Waals surface area contributed by atoms with E-state index in [0.29, 0.717) is 15.6 Å². The van der Waals surface area contributed by atoms with E-state index in [1.165, 1.54) is 11.8 Å². The quantitative estimate of drug-likeness (QED) is 0.230. The van der Waals surface area contributed by atoms with Gasteiger partial charge in [0, 0.05) is 16.0 Å². The van der Waals surface area contributed by atoms with Crippen LogP contribution in [0.5, 0.6) is 0 Å². The molecule has 3 heterocycles. The number of hydrogen-bond acceptors (Lipinski definition) is 10. The monoisotopic (exact) mass is 584 g/mol. The van der Waals surface area contributed by atoms with Gasteiger partial charge in [-0.3, -0.25) is 19.3 Å². The van der Waals surface area contributed by atoms with Crippen molar-refractivity contribution in [3.63, 3.8) is 0 Å². The van der Waals surface area contributed by atoms with Gasteiger partial charge in [-0.15, -0.1) is 16.9 Å². The summed E-state index contributed by atoms with van der Waals surface area (Å²) in [7, 11) is 0. The second-order valence-electron chi connectivity index (χ2n) is 7.41. The van der Waals surface area contributed by atoms with Crippen LogP contribution in [-0.4, -0.2) is 87.1 Å². The average molecular weight is 585 g/mol. The van der Waals surface area contributed by atoms with E-state index in [9.17, 15) is 29.4 Å². The number of carbonyl (C=O) groups excluding carboxylic acids is 2. The molecule has 2 aromatic rings. The van der Waals surface area contributed by atoms with E-state index in [2.05, 4.69) is 36.8 Å². The van der Waals surface area contributed by atoms with Crippen LogP contribution in [0.15, 0.2) is 45.2 Å². The van der Waals surface area contributed by atoms with Gasteiger partial charge in [0.2, 0.25) is 5.16 Å². The number of β-lactam (4-membered cyclic amide) rings is 1. The van der Waals surface area contributed by atoms with Crippen molar-refractivity contribution >= 4 is 63.2 Å². The molecular formula is C19H17BrN6O7S2. The molecule has 1 aromatic heterocycles. The van der Waals surface area contributed by atoms with Crippen molar-refractivity contribution in [3.05, 3.63) is 45.6 Å². The highest BCUT2D eigenvalue weighted by atomic mass is 79.9. The van der Waals surface area contributed by atoms with Gasteiger partial charge in [0.25, 0.3) is 11.8 Å². The number of rotatable bonds is 9. The van der Waals surface area contributed by atoms with Crippen LogP contribution in [0, 0.1) is 0 Å². The molecule has 1 unspecified atom stereocenters. The van der Waals surface area contributed by atoms with Gasteiger partial charge in [-0.2, -0.15) is 0 Å². The molecular weight excluding hydrogens is 568 g/mol. The van der Waals surface area contributed by atoms with Crippen LogP contribution in [-0.2, 0) is 25.7 Å². The highest BCUT2D eigenvalue weighted by Gasteiger charge is 2.54. The van der Waals surface area contributed by atoms with Crippen LogP contribution in [0.1, 0.15) is 11.7 Å². The SMILES string of the molecule is O=C(O)Cn1nnnc1SCC1=C(C(=O)O)N2C(=O)C(NC(=O)[C@H](O)c3cccc(Br)c3)[C@H]2SC1. The van der Waals surface area contributed by atoms with E-state index in [-0.39, 0.29) is 22.4 Å². The molecule has 184 valence electrons. The minimum Gasteiger partial charge on any atom is -0.480 e. The predicted molar refractivity (Wildman–Crippen MR) is 125 cm³/mol. The smallest absolute Gasteiger partial charge is 0.352 e. The molecule has 3 atom stereocenters. The highest BCUT2D eigenvalue weighted by molar-refractivity contribution is 9.10. The second kappa shape index (κ2) is 10.3. The van der Waals surface area contributed by atoms with Crippen LogP contribution in [0.2, 0.25) is 0 Å². The topological polar surface area (TPSA) is 188 Å². The maximum Gasteiger partial charge on any atom is 0.352 e. The Morgan fingerprint density at radius 1 is 1.31 bits per heavy atom. The van der Waals surface area contributed by atoms with Crippen molar-refractivity contribution in [2.75, 3.05) is 11.5 Å². The molecule has 1 fully saturated rings. The van der Waals surface area contributed by atoms with E-state index < -0.39 is 47.8 Å². The summed E-state index contributed by atoms with van der Waals surface area (Å²) in [5.41, 5.74) is 0.579. The van der Waals surface area contributed by atoms with Gasteiger partial charge in [-0.25, -0.2) is 9.48 Å². The molecule has 0 radical (unpaired) electrons. The number of aliphatic hydroxyl groups excluding tert-OH is 1. The fraction of sp³-hybridized carbons (Fsp3) is 0.316. The Balaban J connectivity index is 1.45. The zero-order chi connectivity index (χ0) is 25.3. The Morgan fingerprint density at radius 3 is 2.77 bits per heavy atom. The number of carboxylic acid groups (broad SMARTS) is 2. The summed E-state index contributed by atoms with van der Waals surface area (Å²) in [6.07, 6.45) is -1.50. The van der Waals surface area contributed by atoms with Crippen molar-refractivity contribution < 1.29 is 34.5 Å². The minimum atomic E-state index is -1.50.